The van der Waals surface area contributed by atoms with Gasteiger partial charge in [-0.3, -0.25) is 4.79 Å². The lowest BCUT2D eigenvalue weighted by Crippen LogP contribution is -2.30. The van der Waals surface area contributed by atoms with Crippen LogP contribution in [-0.2, 0) is 9.53 Å². The fourth-order valence-electron chi connectivity index (χ4n) is 2.87. The molecule has 1 atom stereocenters. The maximum Gasteiger partial charge on any atom is 0.326 e. The number of carbonyl (C=O) groups is 1. The molecule has 0 amide bonds. The molecule has 0 aromatic rings. The van der Waals surface area contributed by atoms with Gasteiger partial charge in [0.1, 0.15) is 5.92 Å². The summed E-state index contributed by atoms with van der Waals surface area (Å²) in [6, 6.07) is 0. The van der Waals surface area contributed by atoms with Crippen molar-refractivity contribution in [3.05, 3.63) is 29.7 Å². The van der Waals surface area contributed by atoms with Crippen LogP contribution in [-0.4, -0.2) is 5.97 Å². The van der Waals surface area contributed by atoms with E-state index in [9.17, 15) is 4.79 Å². The third kappa shape index (κ3) is 9.13. The van der Waals surface area contributed by atoms with E-state index in [-0.39, 0.29) is 11.9 Å². The predicted octanol–water partition coefficient (Wildman–Crippen LogP) is 6.87. The molecule has 2 heteroatoms. The zero-order valence-corrected chi connectivity index (χ0v) is 15.8. The summed E-state index contributed by atoms with van der Waals surface area (Å²) in [5.74, 6) is 0.391. The van der Waals surface area contributed by atoms with Crippen LogP contribution in [0.25, 0.3) is 0 Å². The first kappa shape index (κ1) is 20.8. The van der Waals surface area contributed by atoms with Gasteiger partial charge in [0.15, 0.2) is 5.76 Å². The number of hydrogen-bond acceptors (Lipinski definition) is 2. The smallest absolute Gasteiger partial charge is 0.326 e. The number of cyclic esters (lactones) is 1. The average molecular weight is 333 g/mol. The molecule has 0 radical (unpaired) electrons. The van der Waals surface area contributed by atoms with E-state index >= 15 is 0 Å². The van der Waals surface area contributed by atoms with Gasteiger partial charge in [-0.1, -0.05) is 89.5 Å². The lowest BCUT2D eigenvalue weighted by molar-refractivity contribution is -0.153. The van der Waals surface area contributed by atoms with Crippen molar-refractivity contribution in [2.75, 3.05) is 0 Å². The first-order valence-electron chi connectivity index (χ1n) is 10.1. The highest BCUT2D eigenvalue weighted by Crippen LogP contribution is 2.27. The van der Waals surface area contributed by atoms with Crippen LogP contribution in [0.1, 0.15) is 97.3 Å². The lowest BCUT2D eigenvalue weighted by Gasteiger charge is -2.23. The van der Waals surface area contributed by atoms with Crippen LogP contribution >= 0.6 is 0 Å². The molecule has 1 aliphatic rings. The molecule has 1 heterocycles. The zero-order chi connectivity index (χ0) is 17.5. The Morgan fingerprint density at radius 3 is 2.08 bits per heavy atom. The second-order valence-electron chi connectivity index (χ2n) is 6.80. The lowest BCUT2D eigenvalue weighted by atomic mass is 10.0. The Kier molecular flexibility index (Phi) is 12.2. The minimum Gasteiger partial charge on any atom is -0.420 e. The van der Waals surface area contributed by atoms with Crippen LogP contribution in [0.15, 0.2) is 29.7 Å². The molecule has 0 aliphatic carbocycles. The average Bonchev–Trinajstić information content (AvgIpc) is 2.58. The maximum absolute atomic E-state index is 11.5. The Hall–Kier alpha value is -1.27. The summed E-state index contributed by atoms with van der Waals surface area (Å²) in [5.41, 5.74) is 3.17. The van der Waals surface area contributed by atoms with Gasteiger partial charge in [0.25, 0.3) is 0 Å². The quantitative estimate of drug-likeness (QED) is 0.150. The Bertz CT molecular complexity index is 427. The van der Waals surface area contributed by atoms with E-state index < -0.39 is 0 Å². The van der Waals surface area contributed by atoms with Crippen LogP contribution in [0.3, 0.4) is 0 Å². The standard InChI is InChI=1S/C22H36O2/c1-3-5-7-9-11-13-15-17-19-21-20(22(23)24-21)18-16-14-12-10-8-6-4-2/h16-18,20H,3-15H2,1-2H3/b18-16+. The van der Waals surface area contributed by atoms with Gasteiger partial charge in [-0.2, -0.15) is 0 Å². The van der Waals surface area contributed by atoms with Gasteiger partial charge in [-0.15, -0.1) is 0 Å². The summed E-state index contributed by atoms with van der Waals surface area (Å²) in [5, 5.41) is 0. The van der Waals surface area contributed by atoms with E-state index in [0.29, 0.717) is 5.76 Å². The number of rotatable bonds is 14. The van der Waals surface area contributed by atoms with Gasteiger partial charge in [0, 0.05) is 0 Å². The van der Waals surface area contributed by atoms with Crippen molar-refractivity contribution in [3.8, 4) is 0 Å². The fraction of sp³-hybridized carbons (Fsp3) is 0.727. The monoisotopic (exact) mass is 332 g/mol. The van der Waals surface area contributed by atoms with Crippen LogP contribution < -0.4 is 0 Å². The van der Waals surface area contributed by atoms with Gasteiger partial charge in [-0.25, -0.2) is 0 Å². The number of allylic oxidation sites excluding steroid dienone is 1. The summed E-state index contributed by atoms with van der Waals surface area (Å²) < 4.78 is 5.11. The third-order valence-electron chi connectivity index (χ3n) is 4.50. The second kappa shape index (κ2) is 14.1. The van der Waals surface area contributed by atoms with Gasteiger partial charge in [0.05, 0.1) is 0 Å². The Morgan fingerprint density at radius 2 is 1.46 bits per heavy atom. The topological polar surface area (TPSA) is 26.3 Å². The van der Waals surface area contributed by atoms with Gasteiger partial charge < -0.3 is 4.74 Å². The van der Waals surface area contributed by atoms with E-state index in [0.717, 1.165) is 12.8 Å². The van der Waals surface area contributed by atoms with Crippen LogP contribution in [0.5, 0.6) is 0 Å². The van der Waals surface area contributed by atoms with Crippen LogP contribution in [0, 0.1) is 5.92 Å². The molecule has 1 fully saturated rings. The summed E-state index contributed by atoms with van der Waals surface area (Å²) in [6.07, 6.45) is 22.5. The Balaban J connectivity index is 2.18. The van der Waals surface area contributed by atoms with Crippen molar-refractivity contribution in [1.29, 1.82) is 0 Å². The molecule has 0 spiro atoms. The second-order valence-corrected chi connectivity index (χ2v) is 6.80. The van der Waals surface area contributed by atoms with Crippen molar-refractivity contribution in [2.24, 2.45) is 5.92 Å². The van der Waals surface area contributed by atoms with E-state index in [2.05, 4.69) is 25.7 Å². The Morgan fingerprint density at radius 1 is 0.875 bits per heavy atom. The van der Waals surface area contributed by atoms with Gasteiger partial charge >= 0.3 is 5.97 Å². The predicted molar refractivity (Wildman–Crippen MR) is 102 cm³/mol. The highest BCUT2D eigenvalue weighted by Gasteiger charge is 2.34. The molecule has 1 rings (SSSR count). The molecule has 24 heavy (non-hydrogen) atoms. The third-order valence-corrected chi connectivity index (χ3v) is 4.50. The molecule has 0 N–H and O–H groups in total. The highest BCUT2D eigenvalue weighted by molar-refractivity contribution is 5.84. The minimum absolute atomic E-state index is 0.132. The number of unbranched alkanes of at least 4 members (excludes halogenated alkanes) is 11. The largest absolute Gasteiger partial charge is 0.420 e. The van der Waals surface area contributed by atoms with Crippen molar-refractivity contribution in [3.63, 3.8) is 0 Å². The van der Waals surface area contributed by atoms with Gasteiger partial charge in [0.2, 0.25) is 0 Å². The Labute approximate surface area is 149 Å². The molecule has 1 aliphatic heterocycles. The fourth-order valence-corrected chi connectivity index (χ4v) is 2.87. The molecule has 136 valence electrons. The summed E-state index contributed by atoms with van der Waals surface area (Å²) in [6.45, 7) is 4.47. The van der Waals surface area contributed by atoms with Crippen molar-refractivity contribution in [1.82, 2.24) is 0 Å². The summed E-state index contributed by atoms with van der Waals surface area (Å²) in [7, 11) is 0. The summed E-state index contributed by atoms with van der Waals surface area (Å²) in [4.78, 5) is 11.5. The first-order chi connectivity index (χ1) is 11.8. The van der Waals surface area contributed by atoms with E-state index in [1.165, 1.54) is 70.6 Å². The number of hydrogen-bond donors (Lipinski definition) is 0. The van der Waals surface area contributed by atoms with Crippen molar-refractivity contribution in [2.45, 2.75) is 97.3 Å². The molecular formula is C22H36O2. The molecule has 0 bridgehead atoms. The molecule has 0 aromatic carbocycles. The highest BCUT2D eigenvalue weighted by atomic mass is 16.6. The number of ether oxygens (including phenoxy) is 1. The molecule has 0 saturated carbocycles. The first-order valence-corrected chi connectivity index (χ1v) is 10.1. The van der Waals surface area contributed by atoms with Crippen LogP contribution in [0.2, 0.25) is 0 Å². The molecule has 0 aromatic heterocycles. The van der Waals surface area contributed by atoms with E-state index in [1.807, 2.05) is 12.2 Å². The SMILES string of the molecule is CCCCCCC/C=C/C1C(=O)OC1=C=CCCCCCCCC. The molecule has 1 unspecified atom stereocenters. The molecular weight excluding hydrogens is 296 g/mol. The van der Waals surface area contributed by atoms with E-state index in [1.54, 1.807) is 0 Å². The van der Waals surface area contributed by atoms with E-state index in [4.69, 9.17) is 4.74 Å². The summed E-state index contributed by atoms with van der Waals surface area (Å²) >= 11 is 0. The van der Waals surface area contributed by atoms with Crippen molar-refractivity contribution < 1.29 is 9.53 Å². The molecule has 2 nitrogen and oxygen atoms in total. The number of esters is 1. The maximum atomic E-state index is 11.5. The van der Waals surface area contributed by atoms with Gasteiger partial charge in [-0.05, 0) is 31.8 Å². The zero-order valence-electron chi connectivity index (χ0n) is 15.8. The van der Waals surface area contributed by atoms with Crippen molar-refractivity contribution >= 4 is 5.97 Å². The number of carbonyl (C=O) groups excluding carboxylic acids is 1. The molecule has 1 saturated heterocycles. The van der Waals surface area contributed by atoms with Crippen LogP contribution in [0.4, 0.5) is 0 Å². The normalized spacial score (nSPS) is 16.8. The minimum atomic E-state index is -0.179.